The second-order valence-corrected chi connectivity index (χ2v) is 5.61. The van der Waals surface area contributed by atoms with Crippen molar-refractivity contribution in [1.29, 1.82) is 0 Å². The first-order valence-corrected chi connectivity index (χ1v) is 6.11. The van der Waals surface area contributed by atoms with E-state index in [1.807, 2.05) is 0 Å². The number of piperidine rings is 1. The molecule has 1 heterocycles. The van der Waals surface area contributed by atoms with E-state index < -0.39 is 30.1 Å². The number of carbonyl (C=O) groups excluding carboxylic acids is 1. The van der Waals surface area contributed by atoms with Crippen LogP contribution in [-0.2, 0) is 4.74 Å². The molecule has 1 aliphatic rings. The highest BCUT2D eigenvalue weighted by atomic mass is 35.5. The predicted octanol–water partition coefficient (Wildman–Crippen LogP) is 3.12. The fraction of sp³-hybridized carbons (Fsp3) is 0.909. The van der Waals surface area contributed by atoms with Gasteiger partial charge in [0.1, 0.15) is 5.60 Å². The Bertz CT molecular complexity index is 292. The number of ether oxygens (including phenoxy) is 1. The second-order valence-electron chi connectivity index (χ2n) is 5.30. The number of halogens is 3. The zero-order chi connectivity index (χ0) is 13.3. The predicted molar refractivity (Wildman–Crippen MR) is 61.6 cm³/mol. The minimum Gasteiger partial charge on any atom is -0.444 e. The molecule has 0 spiro atoms. The summed E-state index contributed by atoms with van der Waals surface area (Å²) in [6.45, 7) is 4.76. The van der Waals surface area contributed by atoms with Crippen molar-refractivity contribution in [2.45, 2.75) is 38.7 Å². The molecule has 0 aromatic heterocycles. The summed E-state index contributed by atoms with van der Waals surface area (Å²) in [6, 6.07) is 0. The molecule has 0 radical (unpaired) electrons. The van der Waals surface area contributed by atoms with Crippen LogP contribution in [0.1, 0.15) is 27.2 Å². The highest BCUT2D eigenvalue weighted by molar-refractivity contribution is 6.18. The van der Waals surface area contributed by atoms with E-state index in [0.29, 0.717) is 0 Å². The van der Waals surface area contributed by atoms with Gasteiger partial charge in [0.05, 0.1) is 6.54 Å². The molecular weight excluding hydrogens is 252 g/mol. The first-order valence-electron chi connectivity index (χ1n) is 5.57. The van der Waals surface area contributed by atoms with Gasteiger partial charge in [0.25, 0.3) is 5.92 Å². The van der Waals surface area contributed by atoms with Gasteiger partial charge >= 0.3 is 6.09 Å². The van der Waals surface area contributed by atoms with E-state index in [9.17, 15) is 13.6 Å². The Balaban J connectivity index is 2.62. The maximum Gasteiger partial charge on any atom is 0.410 e. The first-order chi connectivity index (χ1) is 7.65. The largest absolute Gasteiger partial charge is 0.444 e. The third kappa shape index (κ3) is 3.98. The van der Waals surface area contributed by atoms with Crippen LogP contribution in [0.2, 0.25) is 0 Å². The van der Waals surface area contributed by atoms with Gasteiger partial charge in [-0.15, -0.1) is 11.6 Å². The van der Waals surface area contributed by atoms with Gasteiger partial charge in [-0.3, -0.25) is 0 Å². The molecule has 0 saturated carbocycles. The van der Waals surface area contributed by atoms with Gasteiger partial charge in [0.15, 0.2) is 0 Å². The average Bonchev–Trinajstić information content (AvgIpc) is 2.13. The number of amides is 1. The first kappa shape index (κ1) is 14.5. The van der Waals surface area contributed by atoms with Crippen molar-refractivity contribution in [3.05, 3.63) is 0 Å². The number of rotatable bonds is 1. The molecule has 0 aliphatic carbocycles. The lowest BCUT2D eigenvalue weighted by atomic mass is 9.95. The van der Waals surface area contributed by atoms with Gasteiger partial charge in [-0.2, -0.15) is 0 Å². The Morgan fingerprint density at radius 2 is 2.12 bits per heavy atom. The van der Waals surface area contributed by atoms with Crippen LogP contribution in [0.3, 0.4) is 0 Å². The molecule has 0 aromatic rings. The van der Waals surface area contributed by atoms with Crippen molar-refractivity contribution < 1.29 is 18.3 Å². The number of alkyl halides is 3. The molecule has 0 bridgehead atoms. The fourth-order valence-corrected chi connectivity index (χ4v) is 2.04. The minimum absolute atomic E-state index is 0.0881. The summed E-state index contributed by atoms with van der Waals surface area (Å²) in [5, 5.41) is 0. The third-order valence-corrected chi connectivity index (χ3v) is 2.96. The van der Waals surface area contributed by atoms with Crippen molar-refractivity contribution in [1.82, 2.24) is 4.90 Å². The monoisotopic (exact) mass is 269 g/mol. The van der Waals surface area contributed by atoms with Crippen LogP contribution in [-0.4, -0.2) is 41.5 Å². The highest BCUT2D eigenvalue weighted by Crippen LogP contribution is 2.34. The van der Waals surface area contributed by atoms with Gasteiger partial charge in [0, 0.05) is 18.3 Å². The summed E-state index contributed by atoms with van der Waals surface area (Å²) in [4.78, 5) is 12.7. The summed E-state index contributed by atoms with van der Waals surface area (Å²) in [5.41, 5.74) is -0.671. The van der Waals surface area contributed by atoms with E-state index in [2.05, 4.69) is 0 Å². The van der Waals surface area contributed by atoms with Crippen LogP contribution >= 0.6 is 11.6 Å². The van der Waals surface area contributed by atoms with Crippen LogP contribution in [0, 0.1) is 5.92 Å². The van der Waals surface area contributed by atoms with E-state index in [-0.39, 0.29) is 18.8 Å². The van der Waals surface area contributed by atoms with Gasteiger partial charge in [-0.05, 0) is 27.2 Å². The lowest BCUT2D eigenvalue weighted by molar-refractivity contribution is -0.103. The van der Waals surface area contributed by atoms with E-state index in [0.717, 1.165) is 4.90 Å². The van der Waals surface area contributed by atoms with E-state index in [1.54, 1.807) is 20.8 Å². The van der Waals surface area contributed by atoms with Gasteiger partial charge in [-0.1, -0.05) is 0 Å². The molecule has 1 saturated heterocycles. The van der Waals surface area contributed by atoms with Crippen LogP contribution < -0.4 is 0 Å². The molecular formula is C11H18ClF2NO2. The van der Waals surface area contributed by atoms with Crippen molar-refractivity contribution in [2.24, 2.45) is 5.92 Å². The Morgan fingerprint density at radius 1 is 1.53 bits per heavy atom. The van der Waals surface area contributed by atoms with Crippen LogP contribution in [0.25, 0.3) is 0 Å². The Labute approximate surface area is 105 Å². The van der Waals surface area contributed by atoms with Gasteiger partial charge in [0.2, 0.25) is 0 Å². The SMILES string of the molecule is CC(C)(C)OC(=O)N1CCC(CCl)C(F)(F)C1. The molecule has 1 amide bonds. The molecule has 0 N–H and O–H groups in total. The van der Waals surface area contributed by atoms with Crippen molar-refractivity contribution in [2.75, 3.05) is 19.0 Å². The number of likely N-dealkylation sites (tertiary alicyclic amines) is 1. The van der Waals surface area contributed by atoms with E-state index in [1.165, 1.54) is 0 Å². The molecule has 1 rings (SSSR count). The molecule has 1 unspecified atom stereocenters. The maximum atomic E-state index is 13.6. The molecule has 6 heteroatoms. The molecule has 1 fully saturated rings. The Hall–Kier alpha value is -0.580. The fourth-order valence-electron chi connectivity index (χ4n) is 1.66. The summed E-state index contributed by atoms with van der Waals surface area (Å²) in [7, 11) is 0. The second kappa shape index (κ2) is 4.96. The van der Waals surface area contributed by atoms with E-state index >= 15 is 0 Å². The van der Waals surface area contributed by atoms with Crippen LogP contribution in [0.5, 0.6) is 0 Å². The Kier molecular flexibility index (Phi) is 4.23. The summed E-state index contributed by atoms with van der Waals surface area (Å²) >= 11 is 5.48. The number of hydrogen-bond donors (Lipinski definition) is 0. The molecule has 3 nitrogen and oxygen atoms in total. The highest BCUT2D eigenvalue weighted by Gasteiger charge is 2.46. The number of hydrogen-bond acceptors (Lipinski definition) is 2. The number of carbonyl (C=O) groups is 1. The summed E-state index contributed by atoms with van der Waals surface area (Å²) < 4.78 is 32.2. The Morgan fingerprint density at radius 3 is 2.53 bits per heavy atom. The summed E-state index contributed by atoms with van der Waals surface area (Å²) in [5.74, 6) is -3.88. The third-order valence-electron chi connectivity index (χ3n) is 2.58. The topological polar surface area (TPSA) is 29.5 Å². The zero-order valence-electron chi connectivity index (χ0n) is 10.3. The van der Waals surface area contributed by atoms with E-state index in [4.69, 9.17) is 16.3 Å². The van der Waals surface area contributed by atoms with Crippen LogP contribution in [0.4, 0.5) is 13.6 Å². The summed E-state index contributed by atoms with van der Waals surface area (Å²) in [6.07, 6.45) is -0.486. The molecule has 1 aliphatic heterocycles. The zero-order valence-corrected chi connectivity index (χ0v) is 11.1. The van der Waals surface area contributed by atoms with Gasteiger partial charge < -0.3 is 9.64 Å². The lowest BCUT2D eigenvalue weighted by Crippen LogP contribution is -2.52. The average molecular weight is 270 g/mol. The molecule has 100 valence electrons. The van der Waals surface area contributed by atoms with Crippen molar-refractivity contribution >= 4 is 17.7 Å². The number of nitrogens with zero attached hydrogens (tertiary/aromatic N) is 1. The van der Waals surface area contributed by atoms with Crippen molar-refractivity contribution in [3.8, 4) is 0 Å². The molecule has 0 aromatic carbocycles. The normalized spacial score (nSPS) is 24.6. The van der Waals surface area contributed by atoms with Crippen molar-refractivity contribution in [3.63, 3.8) is 0 Å². The maximum absolute atomic E-state index is 13.6. The lowest BCUT2D eigenvalue weighted by Gasteiger charge is -2.38. The standard InChI is InChI=1S/C11H18ClF2NO2/c1-10(2,3)17-9(16)15-5-4-8(6-12)11(13,14)7-15/h8H,4-7H2,1-3H3. The smallest absolute Gasteiger partial charge is 0.410 e. The van der Waals surface area contributed by atoms with Crippen LogP contribution in [0.15, 0.2) is 0 Å². The quantitative estimate of drug-likeness (QED) is 0.685. The molecule has 17 heavy (non-hydrogen) atoms. The minimum atomic E-state index is -2.93. The molecule has 1 atom stereocenters. The van der Waals surface area contributed by atoms with Gasteiger partial charge in [-0.25, -0.2) is 13.6 Å².